The molecule has 1 saturated carbocycles. The number of amides is 1. The molecule has 2 heteroatoms. The average molecular weight is 408 g/mol. The monoisotopic (exact) mass is 407 g/mol. The van der Waals surface area contributed by atoms with Crippen LogP contribution in [0, 0.1) is 5.41 Å². The molecule has 1 unspecified atom stereocenters. The lowest BCUT2D eigenvalue weighted by molar-refractivity contribution is -0.121. The van der Waals surface area contributed by atoms with E-state index in [0.717, 1.165) is 32.1 Å². The molecule has 0 heterocycles. The summed E-state index contributed by atoms with van der Waals surface area (Å²) in [5.41, 5.74) is 5.12. The molecular formula is C28H41NO. The van der Waals surface area contributed by atoms with Gasteiger partial charge in [-0.2, -0.15) is 0 Å². The van der Waals surface area contributed by atoms with Crippen LogP contribution in [0.25, 0.3) is 0 Å². The lowest BCUT2D eigenvalue weighted by atomic mass is 9.74. The Balaban J connectivity index is 2.55. The lowest BCUT2D eigenvalue weighted by Gasteiger charge is -2.36. The highest BCUT2D eigenvalue weighted by Crippen LogP contribution is 2.57. The summed E-state index contributed by atoms with van der Waals surface area (Å²) in [7, 11) is 0. The SMILES string of the molecule is C=CC=C1/C(=C\C)C(C)(C)CC1(C)c1ccc(C(CCC)(CCC)NC(C)=O)cc1. The van der Waals surface area contributed by atoms with E-state index in [1.807, 2.05) is 6.08 Å². The maximum absolute atomic E-state index is 12.0. The third kappa shape index (κ3) is 4.48. The number of allylic oxidation sites excluding steroid dienone is 5. The molecule has 1 amide bonds. The highest BCUT2D eigenvalue weighted by molar-refractivity contribution is 5.74. The minimum Gasteiger partial charge on any atom is -0.347 e. The summed E-state index contributed by atoms with van der Waals surface area (Å²) in [6.45, 7) is 19.1. The van der Waals surface area contributed by atoms with Gasteiger partial charge in [0, 0.05) is 12.3 Å². The Morgan fingerprint density at radius 2 is 1.67 bits per heavy atom. The van der Waals surface area contributed by atoms with Gasteiger partial charge in [0.2, 0.25) is 5.91 Å². The van der Waals surface area contributed by atoms with Crippen molar-refractivity contribution < 1.29 is 4.79 Å². The summed E-state index contributed by atoms with van der Waals surface area (Å²) >= 11 is 0. The molecule has 1 fully saturated rings. The zero-order valence-electron chi connectivity index (χ0n) is 20.2. The predicted octanol–water partition coefficient (Wildman–Crippen LogP) is 7.36. The van der Waals surface area contributed by atoms with Gasteiger partial charge in [-0.15, -0.1) is 0 Å². The van der Waals surface area contributed by atoms with Gasteiger partial charge < -0.3 is 5.32 Å². The Bertz CT molecular complexity index is 819. The topological polar surface area (TPSA) is 29.1 Å². The second-order valence-corrected chi connectivity index (χ2v) is 9.75. The first-order valence-electron chi connectivity index (χ1n) is 11.5. The maximum atomic E-state index is 12.0. The van der Waals surface area contributed by atoms with Crippen LogP contribution in [0.3, 0.4) is 0 Å². The van der Waals surface area contributed by atoms with E-state index in [9.17, 15) is 4.79 Å². The largest absolute Gasteiger partial charge is 0.347 e. The first kappa shape index (κ1) is 24.2. The summed E-state index contributed by atoms with van der Waals surface area (Å²) in [5, 5.41) is 3.30. The number of carbonyl (C=O) groups excluding carboxylic acids is 1. The smallest absolute Gasteiger partial charge is 0.217 e. The minimum atomic E-state index is -0.280. The van der Waals surface area contributed by atoms with E-state index in [-0.39, 0.29) is 22.3 Å². The molecule has 0 radical (unpaired) electrons. The third-order valence-corrected chi connectivity index (χ3v) is 6.83. The van der Waals surface area contributed by atoms with E-state index >= 15 is 0 Å². The molecule has 1 aromatic rings. The Hall–Kier alpha value is -2.09. The summed E-state index contributed by atoms with van der Waals surface area (Å²) in [4.78, 5) is 12.0. The Morgan fingerprint density at radius 3 is 2.10 bits per heavy atom. The van der Waals surface area contributed by atoms with Crippen molar-refractivity contribution in [3.63, 3.8) is 0 Å². The molecule has 0 spiro atoms. The molecule has 164 valence electrons. The average Bonchev–Trinajstić information content (AvgIpc) is 2.87. The zero-order chi connectivity index (χ0) is 22.6. The van der Waals surface area contributed by atoms with Crippen molar-refractivity contribution in [2.24, 2.45) is 5.41 Å². The van der Waals surface area contributed by atoms with Crippen LogP contribution >= 0.6 is 0 Å². The normalized spacial score (nSPS) is 23.7. The number of hydrogen-bond donors (Lipinski definition) is 1. The minimum absolute atomic E-state index is 0.0411. The van der Waals surface area contributed by atoms with Crippen molar-refractivity contribution in [1.82, 2.24) is 5.32 Å². The number of rotatable bonds is 8. The van der Waals surface area contributed by atoms with Crippen LogP contribution < -0.4 is 5.32 Å². The fourth-order valence-corrected chi connectivity index (χ4v) is 5.89. The van der Waals surface area contributed by atoms with Gasteiger partial charge >= 0.3 is 0 Å². The van der Waals surface area contributed by atoms with Crippen molar-refractivity contribution >= 4 is 5.91 Å². The van der Waals surface area contributed by atoms with Crippen molar-refractivity contribution in [2.45, 2.75) is 91.5 Å². The summed E-state index contributed by atoms with van der Waals surface area (Å²) in [6, 6.07) is 9.05. The van der Waals surface area contributed by atoms with Gasteiger partial charge in [-0.25, -0.2) is 0 Å². The van der Waals surface area contributed by atoms with Gasteiger partial charge in [0.1, 0.15) is 0 Å². The molecule has 0 bridgehead atoms. The zero-order valence-corrected chi connectivity index (χ0v) is 20.2. The molecule has 0 aromatic heterocycles. The van der Waals surface area contributed by atoms with Crippen LogP contribution in [-0.4, -0.2) is 5.91 Å². The van der Waals surface area contributed by atoms with E-state index in [1.54, 1.807) is 6.92 Å². The van der Waals surface area contributed by atoms with Crippen LogP contribution in [0.2, 0.25) is 0 Å². The molecule has 1 aliphatic carbocycles. The second-order valence-electron chi connectivity index (χ2n) is 9.75. The molecular weight excluding hydrogens is 366 g/mol. The summed E-state index contributed by atoms with van der Waals surface area (Å²) in [5.74, 6) is 0.0411. The molecule has 30 heavy (non-hydrogen) atoms. The Kier molecular flexibility index (Phi) is 7.55. The first-order chi connectivity index (χ1) is 14.1. The van der Waals surface area contributed by atoms with Gasteiger partial charge in [-0.05, 0) is 53.9 Å². The van der Waals surface area contributed by atoms with Crippen LogP contribution in [0.4, 0.5) is 0 Å². The van der Waals surface area contributed by atoms with Crippen molar-refractivity contribution in [1.29, 1.82) is 0 Å². The molecule has 1 N–H and O–H groups in total. The number of nitrogens with one attached hydrogen (secondary N) is 1. The standard InChI is InChI=1S/C28H41NO/c1-9-13-25-24(12-4)26(6,7)20-27(25,8)22-14-16-23(17-15-22)28(18-10-2,19-11-3)29-21(5)30/h9,12-17H,1,10-11,18-20H2,2-8H3,(H,29,30)/b24-12+,25-13?. The first-order valence-corrected chi connectivity index (χ1v) is 11.5. The molecule has 1 aliphatic rings. The van der Waals surface area contributed by atoms with Gasteiger partial charge in [0.25, 0.3) is 0 Å². The highest BCUT2D eigenvalue weighted by atomic mass is 16.1. The van der Waals surface area contributed by atoms with E-state index in [0.29, 0.717) is 0 Å². The molecule has 0 saturated heterocycles. The fourth-order valence-electron chi connectivity index (χ4n) is 5.89. The molecule has 2 nitrogen and oxygen atoms in total. The van der Waals surface area contributed by atoms with Crippen LogP contribution in [0.5, 0.6) is 0 Å². The van der Waals surface area contributed by atoms with Gasteiger partial charge in [-0.1, -0.05) is 96.5 Å². The third-order valence-electron chi connectivity index (χ3n) is 6.83. The lowest BCUT2D eigenvalue weighted by Crippen LogP contribution is -2.45. The van der Waals surface area contributed by atoms with Crippen LogP contribution in [0.15, 0.2) is 60.2 Å². The van der Waals surface area contributed by atoms with Crippen molar-refractivity contribution in [2.75, 3.05) is 0 Å². The highest BCUT2D eigenvalue weighted by Gasteiger charge is 2.47. The van der Waals surface area contributed by atoms with Gasteiger partial charge in [0.15, 0.2) is 0 Å². The summed E-state index contributed by atoms with van der Waals surface area (Å²) in [6.07, 6.45) is 11.4. The molecule has 0 aliphatic heterocycles. The Labute approximate surface area is 184 Å². The fraction of sp³-hybridized carbons (Fsp3) is 0.536. The predicted molar refractivity (Wildman–Crippen MR) is 130 cm³/mol. The van der Waals surface area contributed by atoms with E-state index in [4.69, 9.17) is 0 Å². The second kappa shape index (κ2) is 9.37. The van der Waals surface area contributed by atoms with E-state index in [1.165, 1.54) is 22.3 Å². The molecule has 1 atom stereocenters. The van der Waals surface area contributed by atoms with Gasteiger partial charge in [-0.3, -0.25) is 4.79 Å². The Morgan fingerprint density at radius 1 is 1.10 bits per heavy atom. The molecule has 1 aromatic carbocycles. The number of benzene rings is 1. The number of carbonyl (C=O) groups is 1. The van der Waals surface area contributed by atoms with Crippen LogP contribution in [-0.2, 0) is 15.7 Å². The summed E-state index contributed by atoms with van der Waals surface area (Å²) < 4.78 is 0. The maximum Gasteiger partial charge on any atom is 0.217 e. The van der Waals surface area contributed by atoms with E-state index in [2.05, 4.69) is 89.9 Å². The van der Waals surface area contributed by atoms with Gasteiger partial charge in [0.05, 0.1) is 5.54 Å². The van der Waals surface area contributed by atoms with E-state index < -0.39 is 0 Å². The molecule has 2 rings (SSSR count). The van der Waals surface area contributed by atoms with Crippen molar-refractivity contribution in [3.05, 3.63) is 71.3 Å². The van der Waals surface area contributed by atoms with Crippen molar-refractivity contribution in [3.8, 4) is 0 Å². The number of hydrogen-bond acceptors (Lipinski definition) is 1. The quantitative estimate of drug-likeness (QED) is 0.479. The van der Waals surface area contributed by atoms with Crippen LogP contribution in [0.1, 0.15) is 91.7 Å².